The summed E-state index contributed by atoms with van der Waals surface area (Å²) in [6.45, 7) is 35.8. The van der Waals surface area contributed by atoms with Crippen molar-refractivity contribution in [3.05, 3.63) is 0 Å². The van der Waals surface area contributed by atoms with Crippen LogP contribution in [0.4, 0.5) is 0 Å². The maximum atomic E-state index is 5.82. The van der Waals surface area contributed by atoms with Crippen LogP contribution >= 0.6 is 22.9 Å². The molecule has 0 saturated carbocycles. The van der Waals surface area contributed by atoms with Crippen LogP contribution in [0.15, 0.2) is 9.03 Å². The lowest BCUT2D eigenvalue weighted by molar-refractivity contribution is 0.549. The maximum Gasteiger partial charge on any atom is 0.360 e. The van der Waals surface area contributed by atoms with Gasteiger partial charge in [-0.1, -0.05) is 87.5 Å². The topological polar surface area (TPSA) is 100 Å². The summed E-state index contributed by atoms with van der Waals surface area (Å²) in [6, 6.07) is 0. The number of rotatable bonds is 19. The third-order valence-electron chi connectivity index (χ3n) is 5.79. The molecule has 0 amide bonds. The highest BCUT2D eigenvalue weighted by Crippen LogP contribution is 2.78. The average Bonchev–Trinajstić information content (AvgIpc) is 2.81. The molecule has 0 aromatic rings. The largest absolute Gasteiger partial charge is 0.360 e. The Morgan fingerprint density at radius 2 is 0.895 bits per heavy atom. The van der Waals surface area contributed by atoms with Gasteiger partial charge in [0.15, 0.2) is 0 Å². The second kappa shape index (κ2) is 16.9. The van der Waals surface area contributed by atoms with Gasteiger partial charge in [0.25, 0.3) is 7.51 Å². The predicted octanol–water partition coefficient (Wildman–Crippen LogP) is 7.37. The van der Waals surface area contributed by atoms with E-state index in [0.717, 1.165) is 45.8 Å². The molecular formula is C26H65N9P3+. The molecule has 0 radical (unpaired) electrons. The molecule has 1 aliphatic heterocycles. The lowest BCUT2D eigenvalue weighted by Gasteiger charge is -2.46. The molecule has 1 heterocycles. The van der Waals surface area contributed by atoms with Crippen molar-refractivity contribution < 1.29 is 0 Å². The number of hydrogen-bond acceptors (Lipinski definition) is 9. The van der Waals surface area contributed by atoms with Gasteiger partial charge in [-0.3, -0.25) is 20.3 Å². The number of hydrogen-bond donors (Lipinski definition) is 6. The number of nitrogens with zero attached hydrogens (tertiary/aromatic N) is 3. The van der Waals surface area contributed by atoms with E-state index in [2.05, 4.69) is 125 Å². The van der Waals surface area contributed by atoms with Gasteiger partial charge in [-0.15, -0.1) is 10.2 Å². The van der Waals surface area contributed by atoms with Crippen molar-refractivity contribution in [2.45, 2.75) is 90.0 Å². The Labute approximate surface area is 238 Å². The Morgan fingerprint density at radius 1 is 0.553 bits per heavy atom. The minimum Gasteiger partial charge on any atom is -0.257 e. The third kappa shape index (κ3) is 11.8. The minimum atomic E-state index is -2.47. The molecule has 0 spiro atoms. The van der Waals surface area contributed by atoms with Crippen LogP contribution in [0.2, 0.25) is 0 Å². The molecule has 9 nitrogen and oxygen atoms in total. The fourth-order valence-electron chi connectivity index (χ4n) is 3.69. The SMILES string of the molecule is CCN1P(NCC(C)C)(NCC(C)C)=NP(NCC(C)C)(NCC(C)C)=N[P+]1(NCC(C)C)NCC(C)C. The molecule has 12 heteroatoms. The second-order valence-electron chi connectivity index (χ2n) is 13.2. The first-order chi connectivity index (χ1) is 17.6. The Bertz CT molecular complexity index is 738. The van der Waals surface area contributed by atoms with E-state index in [1.165, 1.54) is 0 Å². The normalized spacial score (nSPS) is 19.2. The molecule has 0 atom stereocenters. The van der Waals surface area contributed by atoms with E-state index in [1.807, 2.05) is 0 Å². The fourth-order valence-corrected chi connectivity index (χ4v) is 18.3. The fraction of sp³-hybridized carbons (Fsp3) is 1.00. The van der Waals surface area contributed by atoms with Crippen LogP contribution in [0.25, 0.3) is 0 Å². The molecule has 0 bridgehead atoms. The van der Waals surface area contributed by atoms with Crippen LogP contribution in [0.5, 0.6) is 0 Å². The second-order valence-corrected chi connectivity index (χ2v) is 21.4. The molecular weight excluding hydrogens is 531 g/mol. The van der Waals surface area contributed by atoms with Crippen LogP contribution in [0.1, 0.15) is 90.0 Å². The summed E-state index contributed by atoms with van der Waals surface area (Å²) in [6.07, 6.45) is 0. The van der Waals surface area contributed by atoms with Crippen LogP contribution in [0.3, 0.4) is 0 Å². The van der Waals surface area contributed by atoms with E-state index < -0.39 is 22.9 Å². The van der Waals surface area contributed by atoms with Crippen molar-refractivity contribution in [2.24, 2.45) is 44.5 Å². The van der Waals surface area contributed by atoms with Gasteiger partial charge in [-0.05, 0) is 46.9 Å². The predicted molar refractivity (Wildman–Crippen MR) is 175 cm³/mol. The molecule has 38 heavy (non-hydrogen) atoms. The highest BCUT2D eigenvalue weighted by atomic mass is 31.3. The number of nitrogens with one attached hydrogen (secondary N) is 6. The zero-order valence-electron chi connectivity index (χ0n) is 27.1. The van der Waals surface area contributed by atoms with Crippen LogP contribution < -0.4 is 30.5 Å². The zero-order chi connectivity index (χ0) is 29.1. The average molecular weight is 597 g/mol. The third-order valence-corrected chi connectivity index (χ3v) is 17.1. The van der Waals surface area contributed by atoms with Crippen LogP contribution in [0, 0.1) is 35.5 Å². The Morgan fingerprint density at radius 3 is 1.21 bits per heavy atom. The first kappa shape index (κ1) is 36.6. The van der Waals surface area contributed by atoms with Crippen molar-refractivity contribution in [3.8, 4) is 0 Å². The van der Waals surface area contributed by atoms with Crippen molar-refractivity contribution >= 4 is 22.9 Å². The standard InChI is InChI=1S/C26H65N9P3/c1-14-35-37(29-17-23(6)7,30-18-24(8)9)33-36(27-15-21(2)3,28-16-22(4)5)34-38(35,31-19-25(10)11)32-20-26(12)13/h21-32H,14-20H2,1-13H3/q+1. The van der Waals surface area contributed by atoms with E-state index in [0.29, 0.717) is 35.5 Å². The van der Waals surface area contributed by atoms with Gasteiger partial charge in [0.1, 0.15) is 0 Å². The van der Waals surface area contributed by atoms with E-state index in [1.54, 1.807) is 0 Å². The molecule has 0 aromatic heterocycles. The van der Waals surface area contributed by atoms with Gasteiger partial charge >= 0.3 is 7.87 Å². The van der Waals surface area contributed by atoms with Gasteiger partial charge in [0.2, 0.25) is 7.51 Å². The monoisotopic (exact) mass is 596 g/mol. The Kier molecular flexibility index (Phi) is 16.3. The highest BCUT2D eigenvalue weighted by molar-refractivity contribution is 7.88. The van der Waals surface area contributed by atoms with Gasteiger partial charge in [-0.2, -0.15) is 4.52 Å². The van der Waals surface area contributed by atoms with Crippen molar-refractivity contribution in [3.63, 3.8) is 0 Å². The lowest BCUT2D eigenvalue weighted by atomic mass is 10.2. The first-order valence-electron chi connectivity index (χ1n) is 15.1. The summed E-state index contributed by atoms with van der Waals surface area (Å²) in [4.78, 5) is 0. The molecule has 1 rings (SSSR count). The molecule has 6 N–H and O–H groups in total. The van der Waals surface area contributed by atoms with E-state index in [9.17, 15) is 0 Å². The highest BCUT2D eigenvalue weighted by Gasteiger charge is 2.58. The van der Waals surface area contributed by atoms with Crippen molar-refractivity contribution in [1.29, 1.82) is 0 Å². The van der Waals surface area contributed by atoms with E-state index >= 15 is 0 Å². The first-order valence-corrected chi connectivity index (χ1v) is 20.1. The smallest absolute Gasteiger partial charge is 0.257 e. The molecule has 1 aliphatic rings. The Hall–Kier alpha value is 0.610. The molecule has 0 unspecified atom stereocenters. The summed E-state index contributed by atoms with van der Waals surface area (Å²) in [5.74, 6) is 3.06. The van der Waals surface area contributed by atoms with E-state index in [4.69, 9.17) is 9.03 Å². The summed E-state index contributed by atoms with van der Waals surface area (Å²) >= 11 is 0. The van der Waals surface area contributed by atoms with Crippen LogP contribution in [-0.2, 0) is 0 Å². The zero-order valence-corrected chi connectivity index (χ0v) is 29.8. The summed E-state index contributed by atoms with van der Waals surface area (Å²) in [7, 11) is -7.23. The van der Waals surface area contributed by atoms with Gasteiger partial charge < -0.3 is 0 Å². The van der Waals surface area contributed by atoms with Gasteiger partial charge in [0.05, 0.1) is 0 Å². The summed E-state index contributed by atoms with van der Waals surface area (Å²) in [5.41, 5.74) is 0. The van der Waals surface area contributed by atoms with Crippen molar-refractivity contribution in [2.75, 3.05) is 45.8 Å². The molecule has 0 aliphatic carbocycles. The quantitative estimate of drug-likeness (QED) is 0.0867. The van der Waals surface area contributed by atoms with Gasteiger partial charge in [0, 0.05) is 45.8 Å². The minimum absolute atomic E-state index is 0.502. The lowest BCUT2D eigenvalue weighted by Crippen LogP contribution is -2.48. The van der Waals surface area contributed by atoms with Crippen molar-refractivity contribution in [1.82, 2.24) is 35.0 Å². The van der Waals surface area contributed by atoms with E-state index in [-0.39, 0.29) is 0 Å². The molecule has 0 fully saturated rings. The van der Waals surface area contributed by atoms with Gasteiger partial charge in [-0.25, -0.2) is 0 Å². The Balaban J connectivity index is 4.04. The summed E-state index contributed by atoms with van der Waals surface area (Å²) in [5, 5.41) is 24.0. The molecule has 0 aromatic carbocycles. The maximum absolute atomic E-state index is 5.82. The molecule has 228 valence electrons. The summed E-state index contributed by atoms with van der Waals surface area (Å²) < 4.78 is 14.2. The molecule has 0 saturated heterocycles. The van der Waals surface area contributed by atoms with Crippen LogP contribution in [-0.4, -0.2) is 50.3 Å².